The Labute approximate surface area is 209 Å². The van der Waals surface area contributed by atoms with Gasteiger partial charge in [0.1, 0.15) is 18.1 Å². The molecule has 0 heterocycles. The van der Waals surface area contributed by atoms with Crippen LogP contribution in [-0.2, 0) is 16.0 Å². The summed E-state index contributed by atoms with van der Waals surface area (Å²) in [6.07, 6.45) is 2.05. The van der Waals surface area contributed by atoms with E-state index in [-0.39, 0.29) is 6.09 Å². The van der Waals surface area contributed by atoms with E-state index < -0.39 is 12.1 Å². The predicted molar refractivity (Wildman–Crippen MR) is 136 cm³/mol. The number of aryl methyl sites for hydroxylation is 3. The maximum atomic E-state index is 12.9. The van der Waals surface area contributed by atoms with Gasteiger partial charge in [-0.1, -0.05) is 38.0 Å². The van der Waals surface area contributed by atoms with Crippen LogP contribution in [0, 0.1) is 20.8 Å². The van der Waals surface area contributed by atoms with Gasteiger partial charge in [0.25, 0.3) is 0 Å². The molecule has 0 radical (unpaired) electrons. The zero-order valence-electron chi connectivity index (χ0n) is 21.6. The number of nitrogens with zero attached hydrogens (tertiary/aromatic N) is 1. The molecule has 1 N–H and O–H groups in total. The molecule has 2 rings (SSSR count). The minimum Gasteiger partial charge on any atom is -0.492 e. The van der Waals surface area contributed by atoms with Gasteiger partial charge in [-0.05, 0) is 74.6 Å². The number of hydrogen-bond donors (Lipinski definition) is 1. The van der Waals surface area contributed by atoms with Crippen molar-refractivity contribution in [3.8, 4) is 11.5 Å². The first-order valence-corrected chi connectivity index (χ1v) is 12.4. The highest BCUT2D eigenvalue weighted by molar-refractivity contribution is 5.73. The fourth-order valence-corrected chi connectivity index (χ4v) is 3.68. The monoisotopic (exact) mass is 485 g/mol. The Kier molecular flexibility index (Phi) is 11.6. The Morgan fingerprint density at radius 2 is 1.63 bits per heavy atom. The van der Waals surface area contributed by atoms with Crippen molar-refractivity contribution in [1.29, 1.82) is 0 Å². The highest BCUT2D eigenvalue weighted by Gasteiger charge is 2.19. The van der Waals surface area contributed by atoms with Crippen molar-refractivity contribution in [2.45, 2.75) is 66.4 Å². The van der Waals surface area contributed by atoms with Crippen LogP contribution in [0.15, 0.2) is 36.4 Å². The zero-order chi connectivity index (χ0) is 25.8. The molecule has 0 saturated carbocycles. The number of ether oxygens (including phenoxy) is 3. The largest absolute Gasteiger partial charge is 0.492 e. The molecule has 1 amide bonds. The van der Waals surface area contributed by atoms with Crippen molar-refractivity contribution in [1.82, 2.24) is 4.90 Å². The van der Waals surface area contributed by atoms with Crippen LogP contribution >= 0.6 is 0 Å². The fraction of sp³-hybridized carbons (Fsp3) is 0.500. The third-order valence-corrected chi connectivity index (χ3v) is 5.90. The summed E-state index contributed by atoms with van der Waals surface area (Å²) in [6, 6.07) is 11.2. The number of unbranched alkanes of at least 4 members (excludes halogenated alkanes) is 2. The molecule has 7 heteroatoms. The summed E-state index contributed by atoms with van der Waals surface area (Å²) in [5.74, 6) is 0.268. The zero-order valence-corrected chi connectivity index (χ0v) is 21.6. The molecule has 0 aliphatic carbocycles. The van der Waals surface area contributed by atoms with E-state index in [1.54, 1.807) is 24.0 Å². The highest BCUT2D eigenvalue weighted by Crippen LogP contribution is 2.23. The van der Waals surface area contributed by atoms with Crippen molar-refractivity contribution < 1.29 is 28.9 Å². The van der Waals surface area contributed by atoms with Crippen molar-refractivity contribution in [2.24, 2.45) is 0 Å². The van der Waals surface area contributed by atoms with Crippen molar-refractivity contribution in [3.05, 3.63) is 58.7 Å². The quantitative estimate of drug-likeness (QED) is 0.345. The summed E-state index contributed by atoms with van der Waals surface area (Å²) < 4.78 is 16.9. The maximum absolute atomic E-state index is 12.9. The molecular weight excluding hydrogens is 446 g/mol. The van der Waals surface area contributed by atoms with E-state index in [1.165, 1.54) is 0 Å². The number of carbonyl (C=O) groups is 2. The van der Waals surface area contributed by atoms with E-state index in [4.69, 9.17) is 14.2 Å². The Morgan fingerprint density at radius 1 is 0.943 bits per heavy atom. The lowest BCUT2D eigenvalue weighted by Crippen LogP contribution is -2.37. The van der Waals surface area contributed by atoms with E-state index >= 15 is 0 Å². The second-order valence-corrected chi connectivity index (χ2v) is 8.74. The fourth-order valence-electron chi connectivity index (χ4n) is 3.68. The normalized spacial score (nSPS) is 11.7. The molecule has 2 aromatic carbocycles. The molecule has 1 atom stereocenters. The number of carboxylic acid groups (broad SMARTS) is 1. The molecule has 1 unspecified atom stereocenters. The lowest BCUT2D eigenvalue weighted by molar-refractivity contribution is -0.149. The molecular formula is C28H39NO6. The number of carboxylic acids is 1. The van der Waals surface area contributed by atoms with Crippen LogP contribution in [-0.4, -0.2) is 54.5 Å². The topological polar surface area (TPSA) is 85.3 Å². The third-order valence-electron chi connectivity index (χ3n) is 5.90. The molecule has 35 heavy (non-hydrogen) atoms. The highest BCUT2D eigenvalue weighted by atomic mass is 16.6. The minimum absolute atomic E-state index is 0.290. The minimum atomic E-state index is -0.974. The number of amides is 1. The second-order valence-electron chi connectivity index (χ2n) is 8.74. The molecule has 2 aromatic rings. The molecule has 7 nitrogen and oxygen atoms in total. The summed E-state index contributed by atoms with van der Waals surface area (Å²) in [7, 11) is 0. The average molecular weight is 486 g/mol. The van der Waals surface area contributed by atoms with Crippen molar-refractivity contribution in [2.75, 3.05) is 26.3 Å². The molecule has 0 bridgehead atoms. The standard InChI is InChI=1S/C28H39NO6/c1-6-8-9-14-29(28(32)35-25-18-21(4)20(3)17-22(25)5)15-16-34-24-12-10-23(11-13-24)19-26(27(30)31)33-7-2/h10-13,17-18,26H,6-9,14-16,19H2,1-5H3,(H,30,31). The summed E-state index contributed by atoms with van der Waals surface area (Å²) in [4.78, 5) is 25.9. The van der Waals surface area contributed by atoms with E-state index in [0.717, 1.165) is 41.5 Å². The van der Waals surface area contributed by atoms with Gasteiger partial charge < -0.3 is 24.2 Å². The van der Waals surface area contributed by atoms with E-state index in [0.29, 0.717) is 44.2 Å². The first-order chi connectivity index (χ1) is 16.7. The van der Waals surface area contributed by atoms with Gasteiger partial charge in [-0.3, -0.25) is 0 Å². The second kappa shape index (κ2) is 14.4. The van der Waals surface area contributed by atoms with Crippen LogP contribution in [0.25, 0.3) is 0 Å². The SMILES string of the molecule is CCCCCN(CCOc1ccc(CC(OCC)C(=O)O)cc1)C(=O)Oc1cc(C)c(C)cc1C. The molecule has 0 saturated heterocycles. The Bertz CT molecular complexity index is 957. The number of benzene rings is 2. The van der Waals surface area contributed by atoms with Crippen LogP contribution in [0.1, 0.15) is 55.4 Å². The first kappa shape index (κ1) is 28.2. The first-order valence-electron chi connectivity index (χ1n) is 12.4. The van der Waals surface area contributed by atoms with Crippen molar-refractivity contribution in [3.63, 3.8) is 0 Å². The lowest BCUT2D eigenvalue weighted by atomic mass is 10.1. The van der Waals surface area contributed by atoms with E-state index in [9.17, 15) is 14.7 Å². The van der Waals surface area contributed by atoms with Gasteiger partial charge in [0.15, 0.2) is 6.10 Å². The summed E-state index contributed by atoms with van der Waals surface area (Å²) in [5, 5.41) is 9.25. The summed E-state index contributed by atoms with van der Waals surface area (Å²) in [6.45, 7) is 11.6. The Balaban J connectivity index is 1.95. The summed E-state index contributed by atoms with van der Waals surface area (Å²) >= 11 is 0. The molecule has 0 fully saturated rings. The van der Waals surface area contributed by atoms with Crippen molar-refractivity contribution >= 4 is 12.1 Å². The van der Waals surface area contributed by atoms with Crippen LogP contribution in [0.2, 0.25) is 0 Å². The summed E-state index contributed by atoms with van der Waals surface area (Å²) in [5.41, 5.74) is 4.03. The number of hydrogen-bond acceptors (Lipinski definition) is 5. The van der Waals surface area contributed by atoms with Gasteiger partial charge in [0, 0.05) is 19.6 Å². The van der Waals surface area contributed by atoms with Gasteiger partial charge in [-0.2, -0.15) is 0 Å². The third kappa shape index (κ3) is 9.25. The van der Waals surface area contributed by atoms with Gasteiger partial charge in [0.2, 0.25) is 0 Å². The molecule has 0 spiro atoms. The number of rotatable bonds is 14. The Hall–Kier alpha value is -3.06. The van der Waals surface area contributed by atoms with E-state index in [2.05, 4.69) is 6.92 Å². The molecule has 0 aliphatic heterocycles. The predicted octanol–water partition coefficient (Wildman–Crippen LogP) is 5.71. The van der Waals surface area contributed by atoms with Crippen LogP contribution in [0.3, 0.4) is 0 Å². The number of aliphatic carboxylic acids is 1. The smallest absolute Gasteiger partial charge is 0.415 e. The Morgan fingerprint density at radius 3 is 2.26 bits per heavy atom. The van der Waals surface area contributed by atoms with Gasteiger partial charge in [-0.25, -0.2) is 9.59 Å². The molecule has 0 aliphatic rings. The average Bonchev–Trinajstić information content (AvgIpc) is 2.82. The van der Waals surface area contributed by atoms with Crippen LogP contribution in [0.5, 0.6) is 11.5 Å². The molecule has 192 valence electrons. The van der Waals surface area contributed by atoms with Gasteiger partial charge in [0.05, 0.1) is 6.54 Å². The van der Waals surface area contributed by atoms with Crippen LogP contribution < -0.4 is 9.47 Å². The van der Waals surface area contributed by atoms with Gasteiger partial charge >= 0.3 is 12.1 Å². The van der Waals surface area contributed by atoms with Crippen LogP contribution in [0.4, 0.5) is 4.79 Å². The van der Waals surface area contributed by atoms with E-state index in [1.807, 2.05) is 45.0 Å². The molecule has 0 aromatic heterocycles. The lowest BCUT2D eigenvalue weighted by Gasteiger charge is -2.23. The van der Waals surface area contributed by atoms with Gasteiger partial charge in [-0.15, -0.1) is 0 Å². The maximum Gasteiger partial charge on any atom is 0.415 e. The number of carbonyl (C=O) groups excluding carboxylic acids is 1.